The third kappa shape index (κ3) is 4.26. The summed E-state index contributed by atoms with van der Waals surface area (Å²) in [5.41, 5.74) is 1.92. The minimum atomic E-state index is -0.230. The van der Waals surface area contributed by atoms with Gasteiger partial charge in [-0.05, 0) is 42.5 Å². The summed E-state index contributed by atoms with van der Waals surface area (Å²) in [7, 11) is 0. The Morgan fingerprint density at radius 3 is 2.46 bits per heavy atom. The molecule has 1 aliphatic heterocycles. The number of hydrogen-bond acceptors (Lipinski definition) is 3. The van der Waals surface area contributed by atoms with Crippen LogP contribution in [0.4, 0.5) is 15.8 Å². The summed E-state index contributed by atoms with van der Waals surface area (Å²) in [6.45, 7) is 3.16. The van der Waals surface area contributed by atoms with Crippen molar-refractivity contribution in [3.05, 3.63) is 58.8 Å². The van der Waals surface area contributed by atoms with Crippen molar-refractivity contribution in [2.45, 2.75) is 0 Å². The zero-order valence-corrected chi connectivity index (χ0v) is 14.8. The second-order valence-electron chi connectivity index (χ2n) is 5.71. The zero-order valence-electron chi connectivity index (χ0n) is 13.2. The van der Waals surface area contributed by atoms with Gasteiger partial charge in [0.15, 0.2) is 0 Å². The summed E-state index contributed by atoms with van der Waals surface area (Å²) in [6.07, 6.45) is 0. The number of halogens is 2. The number of hydrogen-bond donors (Lipinski definition) is 1. The number of amides is 1. The molecule has 0 bridgehead atoms. The van der Waals surface area contributed by atoms with Crippen molar-refractivity contribution in [3.8, 4) is 0 Å². The molecule has 1 amide bonds. The third-order valence-electron chi connectivity index (χ3n) is 4.09. The molecule has 1 heterocycles. The molecule has 0 radical (unpaired) electrons. The smallest absolute Gasteiger partial charge is 0.241 e. The van der Waals surface area contributed by atoms with Crippen LogP contribution in [-0.4, -0.2) is 43.5 Å². The van der Waals surface area contributed by atoms with E-state index in [1.807, 2.05) is 29.2 Å². The van der Waals surface area contributed by atoms with Crippen molar-refractivity contribution in [2.75, 3.05) is 42.9 Å². The van der Waals surface area contributed by atoms with E-state index in [1.165, 1.54) is 12.1 Å². The number of rotatable bonds is 4. The van der Waals surface area contributed by atoms with E-state index in [-0.39, 0.29) is 18.3 Å². The van der Waals surface area contributed by atoms with Gasteiger partial charge in [0.25, 0.3) is 0 Å². The van der Waals surface area contributed by atoms with Gasteiger partial charge in [0.2, 0.25) is 5.91 Å². The first-order valence-corrected chi connectivity index (χ1v) is 8.69. The predicted octanol–water partition coefficient (Wildman–Crippen LogP) is 3.35. The molecule has 126 valence electrons. The van der Waals surface area contributed by atoms with Gasteiger partial charge >= 0.3 is 0 Å². The third-order valence-corrected chi connectivity index (χ3v) is 4.59. The Morgan fingerprint density at radius 2 is 1.79 bits per heavy atom. The molecule has 2 aromatic rings. The van der Waals surface area contributed by atoms with Crippen molar-refractivity contribution in [2.24, 2.45) is 0 Å². The Hall–Kier alpha value is -2.08. The molecule has 3 rings (SSSR count). The number of carbonyl (C=O) groups is 1. The lowest BCUT2D eigenvalue weighted by molar-refractivity contribution is -0.129. The summed E-state index contributed by atoms with van der Waals surface area (Å²) in [4.78, 5) is 16.4. The minimum Gasteiger partial charge on any atom is -0.376 e. The molecule has 0 aliphatic carbocycles. The lowest BCUT2D eigenvalue weighted by Crippen LogP contribution is -2.50. The van der Waals surface area contributed by atoms with Crippen LogP contribution in [0.15, 0.2) is 53.0 Å². The molecule has 0 saturated carbocycles. The minimum absolute atomic E-state index is 0.0914. The van der Waals surface area contributed by atoms with Gasteiger partial charge in [-0.25, -0.2) is 4.39 Å². The molecule has 1 fully saturated rings. The van der Waals surface area contributed by atoms with E-state index >= 15 is 0 Å². The predicted molar refractivity (Wildman–Crippen MR) is 97.8 cm³/mol. The van der Waals surface area contributed by atoms with Crippen LogP contribution < -0.4 is 10.2 Å². The maximum atomic E-state index is 13.0. The Kier molecular flexibility index (Phi) is 5.35. The highest BCUT2D eigenvalue weighted by Gasteiger charge is 2.21. The number of nitrogens with one attached hydrogen (secondary N) is 1. The topological polar surface area (TPSA) is 35.6 Å². The Bertz CT molecular complexity index is 700. The molecular weight excluding hydrogens is 373 g/mol. The van der Waals surface area contributed by atoms with Gasteiger partial charge in [0, 0.05) is 42.0 Å². The monoisotopic (exact) mass is 391 g/mol. The first-order valence-electron chi connectivity index (χ1n) is 7.89. The molecule has 1 saturated heterocycles. The molecule has 0 aromatic heterocycles. The number of piperazine rings is 1. The fourth-order valence-corrected chi connectivity index (χ4v) is 3.15. The molecule has 24 heavy (non-hydrogen) atoms. The van der Waals surface area contributed by atoms with Gasteiger partial charge in [0.1, 0.15) is 5.82 Å². The van der Waals surface area contributed by atoms with Crippen molar-refractivity contribution < 1.29 is 9.18 Å². The highest BCUT2D eigenvalue weighted by Crippen LogP contribution is 2.18. The van der Waals surface area contributed by atoms with Crippen LogP contribution in [0.5, 0.6) is 0 Å². The van der Waals surface area contributed by atoms with E-state index in [0.717, 1.165) is 28.9 Å². The fourth-order valence-electron chi connectivity index (χ4n) is 2.75. The van der Waals surface area contributed by atoms with E-state index in [1.54, 1.807) is 12.1 Å². The summed E-state index contributed by atoms with van der Waals surface area (Å²) in [5, 5.41) is 3.16. The average molecular weight is 392 g/mol. The maximum Gasteiger partial charge on any atom is 0.241 e. The molecule has 6 heteroatoms. The number of benzene rings is 2. The standard InChI is InChI=1S/C18H19BrFN3O/c19-14-2-1-3-16(12-14)21-13-18(24)23-10-8-22(9-11-23)17-6-4-15(20)5-7-17/h1-7,12,21H,8-11,13H2. The number of anilines is 2. The van der Waals surface area contributed by atoms with Crippen LogP contribution in [0.25, 0.3) is 0 Å². The highest BCUT2D eigenvalue weighted by molar-refractivity contribution is 9.10. The quantitative estimate of drug-likeness (QED) is 0.867. The first-order chi connectivity index (χ1) is 11.6. The summed E-state index contributed by atoms with van der Waals surface area (Å²) in [5.74, 6) is -0.139. The van der Waals surface area contributed by atoms with Crippen LogP contribution in [0.2, 0.25) is 0 Å². The summed E-state index contributed by atoms with van der Waals surface area (Å²) >= 11 is 3.41. The van der Waals surface area contributed by atoms with Crippen molar-refractivity contribution >= 4 is 33.2 Å². The normalized spacial score (nSPS) is 14.6. The Labute approximate surface area is 149 Å². The molecular formula is C18H19BrFN3O. The number of carbonyl (C=O) groups excluding carboxylic acids is 1. The lowest BCUT2D eigenvalue weighted by Gasteiger charge is -2.36. The van der Waals surface area contributed by atoms with E-state index in [9.17, 15) is 9.18 Å². The van der Waals surface area contributed by atoms with E-state index in [4.69, 9.17) is 0 Å². The van der Waals surface area contributed by atoms with Crippen molar-refractivity contribution in [1.82, 2.24) is 4.90 Å². The molecule has 0 unspecified atom stereocenters. The summed E-state index contributed by atoms with van der Waals surface area (Å²) in [6, 6.07) is 14.2. The van der Waals surface area contributed by atoms with Gasteiger partial charge in [-0.3, -0.25) is 4.79 Å². The van der Waals surface area contributed by atoms with E-state index in [2.05, 4.69) is 26.1 Å². The average Bonchev–Trinajstić information content (AvgIpc) is 2.61. The Morgan fingerprint density at radius 1 is 1.08 bits per heavy atom. The van der Waals surface area contributed by atoms with Crippen LogP contribution >= 0.6 is 15.9 Å². The number of nitrogens with zero attached hydrogens (tertiary/aromatic N) is 2. The zero-order chi connectivity index (χ0) is 16.9. The van der Waals surface area contributed by atoms with E-state index < -0.39 is 0 Å². The van der Waals surface area contributed by atoms with Crippen LogP contribution in [0.3, 0.4) is 0 Å². The highest BCUT2D eigenvalue weighted by atomic mass is 79.9. The van der Waals surface area contributed by atoms with Gasteiger partial charge in [-0.15, -0.1) is 0 Å². The van der Waals surface area contributed by atoms with Crippen LogP contribution in [0, 0.1) is 5.82 Å². The van der Waals surface area contributed by atoms with Gasteiger partial charge in [-0.1, -0.05) is 22.0 Å². The van der Waals surface area contributed by atoms with Gasteiger partial charge < -0.3 is 15.1 Å². The molecule has 2 aromatic carbocycles. The second-order valence-corrected chi connectivity index (χ2v) is 6.62. The SMILES string of the molecule is O=C(CNc1cccc(Br)c1)N1CCN(c2ccc(F)cc2)CC1. The molecule has 0 spiro atoms. The molecule has 0 atom stereocenters. The lowest BCUT2D eigenvalue weighted by atomic mass is 10.2. The van der Waals surface area contributed by atoms with Crippen molar-refractivity contribution in [1.29, 1.82) is 0 Å². The van der Waals surface area contributed by atoms with E-state index in [0.29, 0.717) is 13.1 Å². The van der Waals surface area contributed by atoms with Crippen LogP contribution in [0.1, 0.15) is 0 Å². The Balaban J connectivity index is 1.49. The van der Waals surface area contributed by atoms with Gasteiger partial charge in [0.05, 0.1) is 6.54 Å². The fraction of sp³-hybridized carbons (Fsp3) is 0.278. The van der Waals surface area contributed by atoms with Crippen LogP contribution in [-0.2, 0) is 4.79 Å². The maximum absolute atomic E-state index is 13.0. The molecule has 4 nitrogen and oxygen atoms in total. The largest absolute Gasteiger partial charge is 0.376 e. The summed E-state index contributed by atoms with van der Waals surface area (Å²) < 4.78 is 14.0. The van der Waals surface area contributed by atoms with Gasteiger partial charge in [-0.2, -0.15) is 0 Å². The first kappa shape index (κ1) is 16.8. The van der Waals surface area contributed by atoms with Crippen molar-refractivity contribution in [3.63, 3.8) is 0 Å². The second kappa shape index (κ2) is 7.66. The molecule has 1 aliphatic rings. The molecule has 1 N–H and O–H groups in total.